The SMILES string of the molecule is Cc1ccc(C(=O)N2CCC3(CC2)CN(c2ccccc2)C(=O)CO3)cc1. The minimum atomic E-state index is -0.367. The summed E-state index contributed by atoms with van der Waals surface area (Å²) in [5.41, 5.74) is 2.41. The molecule has 2 amide bonds. The van der Waals surface area contributed by atoms with Crippen LogP contribution in [0.15, 0.2) is 54.6 Å². The van der Waals surface area contributed by atoms with E-state index in [4.69, 9.17) is 4.74 Å². The summed E-state index contributed by atoms with van der Waals surface area (Å²) in [5, 5.41) is 0. The number of rotatable bonds is 2. The fourth-order valence-corrected chi connectivity index (χ4v) is 3.86. The number of nitrogens with zero attached hydrogens (tertiary/aromatic N) is 2. The molecule has 2 aliphatic rings. The molecule has 0 radical (unpaired) electrons. The smallest absolute Gasteiger partial charge is 0.253 e. The van der Waals surface area contributed by atoms with Crippen LogP contribution in [0.4, 0.5) is 5.69 Å². The van der Waals surface area contributed by atoms with Crippen LogP contribution in [0.1, 0.15) is 28.8 Å². The van der Waals surface area contributed by atoms with Crippen molar-refractivity contribution in [2.24, 2.45) is 0 Å². The van der Waals surface area contributed by atoms with Gasteiger partial charge in [0.2, 0.25) is 0 Å². The summed E-state index contributed by atoms with van der Waals surface area (Å²) < 4.78 is 5.99. The molecule has 2 aliphatic heterocycles. The third kappa shape index (κ3) is 3.60. The normalized spacial score (nSPS) is 19.4. The molecule has 0 unspecified atom stereocenters. The van der Waals surface area contributed by atoms with E-state index in [0.717, 1.165) is 29.7 Å². The zero-order chi connectivity index (χ0) is 18.9. The Hall–Kier alpha value is -2.66. The molecule has 0 N–H and O–H groups in total. The van der Waals surface area contributed by atoms with Crippen LogP contribution < -0.4 is 4.90 Å². The Morgan fingerprint density at radius 1 is 1.00 bits per heavy atom. The van der Waals surface area contributed by atoms with Crippen molar-refractivity contribution in [2.75, 3.05) is 31.1 Å². The summed E-state index contributed by atoms with van der Waals surface area (Å²) in [5.74, 6) is 0.0571. The third-order valence-electron chi connectivity index (χ3n) is 5.58. The van der Waals surface area contributed by atoms with E-state index in [-0.39, 0.29) is 24.0 Å². The Labute approximate surface area is 159 Å². The van der Waals surface area contributed by atoms with Crippen LogP contribution in [-0.4, -0.2) is 48.6 Å². The first kappa shape index (κ1) is 17.7. The maximum Gasteiger partial charge on any atom is 0.253 e. The van der Waals surface area contributed by atoms with Crippen molar-refractivity contribution in [1.29, 1.82) is 0 Å². The number of carbonyl (C=O) groups is 2. The summed E-state index contributed by atoms with van der Waals surface area (Å²) in [6.45, 7) is 3.94. The molecular formula is C22H24N2O3. The minimum absolute atomic E-state index is 0.00927. The maximum atomic E-state index is 12.7. The van der Waals surface area contributed by atoms with Gasteiger partial charge in [-0.15, -0.1) is 0 Å². The molecule has 0 atom stereocenters. The Balaban J connectivity index is 1.44. The third-order valence-corrected chi connectivity index (χ3v) is 5.58. The number of hydrogen-bond acceptors (Lipinski definition) is 3. The number of benzene rings is 2. The standard InChI is InChI=1S/C22H24N2O3/c1-17-7-9-18(10-8-17)21(26)23-13-11-22(12-14-23)16-24(20(25)15-27-22)19-5-3-2-4-6-19/h2-10H,11-16H2,1H3. The number of morpholine rings is 1. The van der Waals surface area contributed by atoms with Crippen molar-refractivity contribution < 1.29 is 14.3 Å². The topological polar surface area (TPSA) is 49.9 Å². The number of ether oxygens (including phenoxy) is 1. The van der Waals surface area contributed by atoms with Crippen LogP contribution in [0.5, 0.6) is 0 Å². The highest BCUT2D eigenvalue weighted by Gasteiger charge is 2.43. The number of aryl methyl sites for hydroxylation is 1. The van der Waals surface area contributed by atoms with E-state index in [9.17, 15) is 9.59 Å². The van der Waals surface area contributed by atoms with Crippen molar-refractivity contribution in [3.63, 3.8) is 0 Å². The molecule has 1 spiro atoms. The lowest BCUT2D eigenvalue weighted by atomic mass is 9.88. The van der Waals surface area contributed by atoms with Gasteiger partial charge in [0, 0.05) is 24.3 Å². The molecule has 0 bridgehead atoms. The van der Waals surface area contributed by atoms with Crippen LogP contribution in [-0.2, 0) is 9.53 Å². The highest BCUT2D eigenvalue weighted by atomic mass is 16.5. The lowest BCUT2D eigenvalue weighted by molar-refractivity contribution is -0.143. The van der Waals surface area contributed by atoms with Gasteiger partial charge in [0.15, 0.2) is 0 Å². The number of likely N-dealkylation sites (tertiary alicyclic amines) is 1. The molecule has 4 rings (SSSR count). The number of hydrogen-bond donors (Lipinski definition) is 0. The first-order valence-corrected chi connectivity index (χ1v) is 9.42. The van der Waals surface area contributed by atoms with Gasteiger partial charge in [-0.1, -0.05) is 35.9 Å². The van der Waals surface area contributed by atoms with Crippen molar-refractivity contribution in [3.05, 3.63) is 65.7 Å². The zero-order valence-corrected chi connectivity index (χ0v) is 15.6. The van der Waals surface area contributed by atoms with Gasteiger partial charge in [0.1, 0.15) is 6.61 Å². The number of piperidine rings is 1. The Kier molecular flexibility index (Phi) is 4.70. The first-order chi connectivity index (χ1) is 13.1. The van der Waals surface area contributed by atoms with E-state index in [1.165, 1.54) is 0 Å². The number of carbonyl (C=O) groups excluding carboxylic acids is 2. The highest BCUT2D eigenvalue weighted by Crippen LogP contribution is 2.33. The molecule has 0 aliphatic carbocycles. The average Bonchev–Trinajstić information content (AvgIpc) is 2.71. The summed E-state index contributed by atoms with van der Waals surface area (Å²) >= 11 is 0. The largest absolute Gasteiger partial charge is 0.363 e. The van der Waals surface area contributed by atoms with Crippen LogP contribution in [0.2, 0.25) is 0 Å². The monoisotopic (exact) mass is 364 g/mol. The molecule has 0 saturated carbocycles. The number of para-hydroxylation sites is 1. The van der Waals surface area contributed by atoms with Gasteiger partial charge in [0.25, 0.3) is 11.8 Å². The first-order valence-electron chi connectivity index (χ1n) is 9.42. The molecule has 0 aromatic heterocycles. The summed E-state index contributed by atoms with van der Waals surface area (Å²) in [4.78, 5) is 28.8. The van der Waals surface area contributed by atoms with E-state index in [2.05, 4.69) is 0 Å². The fourth-order valence-electron chi connectivity index (χ4n) is 3.86. The maximum absolute atomic E-state index is 12.7. The molecule has 2 saturated heterocycles. The van der Waals surface area contributed by atoms with Crippen LogP contribution in [0, 0.1) is 6.92 Å². The lowest BCUT2D eigenvalue weighted by Gasteiger charge is -2.47. The Bertz CT molecular complexity index is 824. The van der Waals surface area contributed by atoms with Gasteiger partial charge >= 0.3 is 0 Å². The second-order valence-electron chi connectivity index (χ2n) is 7.45. The molecule has 5 heteroatoms. The lowest BCUT2D eigenvalue weighted by Crippen LogP contribution is -2.59. The number of amides is 2. The van der Waals surface area contributed by atoms with Crippen LogP contribution >= 0.6 is 0 Å². The molecule has 2 aromatic carbocycles. The molecule has 5 nitrogen and oxygen atoms in total. The van der Waals surface area contributed by atoms with Gasteiger partial charge < -0.3 is 14.5 Å². The van der Waals surface area contributed by atoms with Crippen LogP contribution in [0.3, 0.4) is 0 Å². The average molecular weight is 364 g/mol. The Morgan fingerprint density at radius 2 is 1.67 bits per heavy atom. The molecule has 140 valence electrons. The van der Waals surface area contributed by atoms with Crippen molar-refractivity contribution >= 4 is 17.5 Å². The summed E-state index contributed by atoms with van der Waals surface area (Å²) in [6.07, 6.45) is 1.47. The van der Waals surface area contributed by atoms with Crippen molar-refractivity contribution in [2.45, 2.75) is 25.4 Å². The van der Waals surface area contributed by atoms with Gasteiger partial charge in [-0.2, -0.15) is 0 Å². The van der Waals surface area contributed by atoms with Crippen LogP contribution in [0.25, 0.3) is 0 Å². The van der Waals surface area contributed by atoms with Crippen molar-refractivity contribution in [3.8, 4) is 0 Å². The van der Waals surface area contributed by atoms with E-state index >= 15 is 0 Å². The highest BCUT2D eigenvalue weighted by molar-refractivity contribution is 5.95. The quantitative estimate of drug-likeness (QED) is 0.823. The predicted molar refractivity (Wildman–Crippen MR) is 104 cm³/mol. The van der Waals surface area contributed by atoms with Gasteiger partial charge in [-0.25, -0.2) is 0 Å². The molecule has 27 heavy (non-hydrogen) atoms. The van der Waals surface area contributed by atoms with Crippen molar-refractivity contribution in [1.82, 2.24) is 4.90 Å². The second kappa shape index (κ2) is 7.16. The van der Waals surface area contributed by atoms with Gasteiger partial charge in [0.05, 0.1) is 12.1 Å². The number of anilines is 1. The summed E-state index contributed by atoms with van der Waals surface area (Å²) in [7, 11) is 0. The van der Waals surface area contributed by atoms with E-state index < -0.39 is 0 Å². The molecule has 2 aromatic rings. The van der Waals surface area contributed by atoms with E-state index in [0.29, 0.717) is 19.6 Å². The Morgan fingerprint density at radius 3 is 2.33 bits per heavy atom. The van der Waals surface area contributed by atoms with Gasteiger partial charge in [-0.3, -0.25) is 9.59 Å². The molecule has 2 fully saturated rings. The van der Waals surface area contributed by atoms with E-state index in [1.54, 1.807) is 0 Å². The molecular weight excluding hydrogens is 340 g/mol. The van der Waals surface area contributed by atoms with Gasteiger partial charge in [-0.05, 0) is 44.0 Å². The minimum Gasteiger partial charge on any atom is -0.363 e. The molecule has 2 heterocycles. The zero-order valence-electron chi connectivity index (χ0n) is 15.6. The second-order valence-corrected chi connectivity index (χ2v) is 7.45. The predicted octanol–water partition coefficient (Wildman–Crippen LogP) is 3.03. The summed E-state index contributed by atoms with van der Waals surface area (Å²) in [6, 6.07) is 17.4. The fraction of sp³-hybridized carbons (Fsp3) is 0.364. The van der Waals surface area contributed by atoms with E-state index in [1.807, 2.05) is 71.3 Å².